The molecule has 1 unspecified atom stereocenters. The minimum atomic E-state index is -3.62. The Kier molecular flexibility index (Phi) is 6.86. The third-order valence-corrected chi connectivity index (χ3v) is 6.44. The maximum atomic E-state index is 12.8. The Morgan fingerprint density at radius 1 is 1.16 bits per heavy atom. The van der Waals surface area contributed by atoms with E-state index < -0.39 is 10.0 Å². The van der Waals surface area contributed by atoms with Crippen molar-refractivity contribution in [2.75, 3.05) is 13.6 Å². The van der Waals surface area contributed by atoms with E-state index in [1.807, 2.05) is 13.8 Å². The van der Waals surface area contributed by atoms with Gasteiger partial charge in [-0.3, -0.25) is 9.13 Å². The molecule has 0 bridgehead atoms. The summed E-state index contributed by atoms with van der Waals surface area (Å²) in [4.78, 5) is 12.2. The second-order valence-electron chi connectivity index (χ2n) is 6.57. The summed E-state index contributed by atoms with van der Waals surface area (Å²) in [6.45, 7) is 4.39. The zero-order valence-corrected chi connectivity index (χ0v) is 16.9. The van der Waals surface area contributed by atoms with Crippen LogP contribution in [0.3, 0.4) is 0 Å². The molecule has 0 fully saturated rings. The van der Waals surface area contributed by atoms with Gasteiger partial charge in [0.2, 0.25) is 10.0 Å². The first-order chi connectivity index (χ1) is 11.1. The number of hydrogen-bond donors (Lipinski definition) is 1. The third-order valence-electron chi connectivity index (χ3n) is 4.59. The average molecular weight is 391 g/mol. The highest BCUT2D eigenvalue weighted by molar-refractivity contribution is 7.89. The van der Waals surface area contributed by atoms with Gasteiger partial charge in [0.05, 0.1) is 15.9 Å². The number of aryl methyl sites for hydroxylation is 2. The van der Waals surface area contributed by atoms with Crippen LogP contribution in [0, 0.1) is 5.92 Å². The fourth-order valence-corrected chi connectivity index (χ4v) is 3.82. The lowest BCUT2D eigenvalue weighted by Gasteiger charge is -2.21. The minimum Gasteiger partial charge on any atom is -0.327 e. The lowest BCUT2D eigenvalue weighted by atomic mass is 10.0. The fourth-order valence-electron chi connectivity index (χ4n) is 2.61. The third kappa shape index (κ3) is 4.08. The van der Waals surface area contributed by atoms with E-state index in [9.17, 15) is 13.2 Å². The van der Waals surface area contributed by atoms with Gasteiger partial charge < -0.3 is 5.73 Å². The molecular formula is C16H27ClN4O3S. The van der Waals surface area contributed by atoms with Crippen molar-refractivity contribution in [1.82, 2.24) is 13.4 Å². The van der Waals surface area contributed by atoms with E-state index in [2.05, 4.69) is 0 Å². The number of imidazole rings is 1. The number of benzene rings is 1. The normalized spacial score (nSPS) is 13.4. The first-order valence-corrected chi connectivity index (χ1v) is 9.38. The predicted molar refractivity (Wildman–Crippen MR) is 103 cm³/mol. The highest BCUT2D eigenvalue weighted by Gasteiger charge is 2.23. The molecule has 1 atom stereocenters. The van der Waals surface area contributed by atoms with Crippen LogP contribution in [0.15, 0.2) is 27.9 Å². The summed E-state index contributed by atoms with van der Waals surface area (Å²) in [5, 5.41) is 0. The van der Waals surface area contributed by atoms with Gasteiger partial charge in [-0.25, -0.2) is 17.5 Å². The molecule has 1 heterocycles. The van der Waals surface area contributed by atoms with Gasteiger partial charge in [-0.1, -0.05) is 13.8 Å². The average Bonchev–Trinajstić information content (AvgIpc) is 2.76. The first kappa shape index (κ1) is 21.7. The Balaban J connectivity index is 0.00000312. The van der Waals surface area contributed by atoms with E-state index in [0.29, 0.717) is 29.9 Å². The van der Waals surface area contributed by atoms with Crippen molar-refractivity contribution >= 4 is 33.5 Å². The monoisotopic (exact) mass is 390 g/mol. The smallest absolute Gasteiger partial charge is 0.327 e. The fraction of sp³-hybridized carbons (Fsp3) is 0.562. The summed E-state index contributed by atoms with van der Waals surface area (Å²) in [5.41, 5.74) is 7.11. The van der Waals surface area contributed by atoms with Crippen molar-refractivity contribution in [3.63, 3.8) is 0 Å². The molecule has 0 amide bonds. The van der Waals surface area contributed by atoms with Gasteiger partial charge in [0.25, 0.3) is 0 Å². The molecule has 0 saturated carbocycles. The van der Waals surface area contributed by atoms with Crippen LogP contribution < -0.4 is 11.4 Å². The SMILES string of the molecule is CC(C)C(N)CCN(C)S(=O)(=O)c1ccc2c(c1)n(C)c(=O)n2C.Cl. The number of sulfonamides is 1. The molecular weight excluding hydrogens is 364 g/mol. The van der Waals surface area contributed by atoms with Crippen LogP contribution in [-0.2, 0) is 24.1 Å². The van der Waals surface area contributed by atoms with Crippen LogP contribution in [0.5, 0.6) is 0 Å². The van der Waals surface area contributed by atoms with Gasteiger partial charge in [0.1, 0.15) is 0 Å². The van der Waals surface area contributed by atoms with Crippen LogP contribution in [0.25, 0.3) is 11.0 Å². The van der Waals surface area contributed by atoms with Crippen molar-refractivity contribution in [3.05, 3.63) is 28.7 Å². The molecule has 9 heteroatoms. The van der Waals surface area contributed by atoms with Gasteiger partial charge in [0, 0.05) is 33.7 Å². The number of halogens is 1. The lowest BCUT2D eigenvalue weighted by molar-refractivity contribution is 0.397. The topological polar surface area (TPSA) is 90.3 Å². The summed E-state index contributed by atoms with van der Waals surface area (Å²) in [5.74, 6) is 0.302. The molecule has 0 aliphatic carbocycles. The van der Waals surface area contributed by atoms with Crippen LogP contribution in [0.2, 0.25) is 0 Å². The molecule has 1 aromatic heterocycles. The summed E-state index contributed by atoms with van der Waals surface area (Å²) in [6.07, 6.45) is 0.597. The second-order valence-corrected chi connectivity index (χ2v) is 8.62. The number of aromatic nitrogens is 2. The van der Waals surface area contributed by atoms with E-state index in [4.69, 9.17) is 5.73 Å². The molecule has 2 aromatic rings. The Labute approximate surface area is 154 Å². The zero-order chi connectivity index (χ0) is 18.2. The van der Waals surface area contributed by atoms with E-state index >= 15 is 0 Å². The Bertz CT molecular complexity index is 902. The maximum Gasteiger partial charge on any atom is 0.328 e. The van der Waals surface area contributed by atoms with E-state index in [0.717, 1.165) is 0 Å². The van der Waals surface area contributed by atoms with Crippen molar-refractivity contribution in [2.24, 2.45) is 25.7 Å². The molecule has 0 saturated heterocycles. The molecule has 0 spiro atoms. The van der Waals surface area contributed by atoms with E-state index in [1.54, 1.807) is 33.3 Å². The number of rotatable bonds is 6. The van der Waals surface area contributed by atoms with E-state index in [1.165, 1.54) is 19.5 Å². The molecule has 25 heavy (non-hydrogen) atoms. The summed E-state index contributed by atoms with van der Waals surface area (Å²) >= 11 is 0. The number of nitrogens with zero attached hydrogens (tertiary/aromatic N) is 3. The molecule has 1 aromatic carbocycles. The Morgan fingerprint density at radius 2 is 1.72 bits per heavy atom. The number of hydrogen-bond acceptors (Lipinski definition) is 4. The van der Waals surface area contributed by atoms with Gasteiger partial charge in [0.15, 0.2) is 0 Å². The van der Waals surface area contributed by atoms with Gasteiger partial charge in [-0.2, -0.15) is 0 Å². The van der Waals surface area contributed by atoms with Crippen molar-refractivity contribution in [3.8, 4) is 0 Å². The maximum absolute atomic E-state index is 12.8. The molecule has 0 aliphatic heterocycles. The molecule has 142 valence electrons. The molecule has 2 N–H and O–H groups in total. The van der Waals surface area contributed by atoms with Crippen LogP contribution in [-0.4, -0.2) is 41.5 Å². The van der Waals surface area contributed by atoms with Crippen molar-refractivity contribution < 1.29 is 8.42 Å². The van der Waals surface area contributed by atoms with Gasteiger partial charge in [-0.15, -0.1) is 12.4 Å². The number of fused-ring (bicyclic) bond motifs is 1. The summed E-state index contributed by atoms with van der Waals surface area (Å²) < 4.78 is 29.8. The standard InChI is InChI=1S/C16H26N4O3S.ClH/c1-11(2)13(17)8-9-18(3)24(22,23)12-6-7-14-15(10-12)20(5)16(21)19(14)4;/h6-7,10-11,13H,8-9,17H2,1-5H3;1H. The summed E-state index contributed by atoms with van der Waals surface area (Å²) in [7, 11) is 1.23. The van der Waals surface area contributed by atoms with Crippen LogP contribution in [0.4, 0.5) is 0 Å². The highest BCUT2D eigenvalue weighted by atomic mass is 35.5. The quantitative estimate of drug-likeness (QED) is 0.804. The lowest BCUT2D eigenvalue weighted by Crippen LogP contribution is -2.34. The van der Waals surface area contributed by atoms with Crippen molar-refractivity contribution in [1.29, 1.82) is 0 Å². The largest absolute Gasteiger partial charge is 0.328 e. The van der Waals surface area contributed by atoms with Crippen LogP contribution in [0.1, 0.15) is 20.3 Å². The molecule has 0 radical (unpaired) electrons. The zero-order valence-electron chi connectivity index (χ0n) is 15.3. The summed E-state index contributed by atoms with van der Waals surface area (Å²) in [6, 6.07) is 4.71. The molecule has 0 aliphatic rings. The first-order valence-electron chi connectivity index (χ1n) is 7.94. The predicted octanol–water partition coefficient (Wildman–Crippen LogP) is 1.29. The second kappa shape index (κ2) is 7.90. The van der Waals surface area contributed by atoms with Crippen molar-refractivity contribution in [2.45, 2.75) is 31.2 Å². The highest BCUT2D eigenvalue weighted by Crippen LogP contribution is 2.21. The Hall–Kier alpha value is -1.35. The van der Waals surface area contributed by atoms with Gasteiger partial charge >= 0.3 is 5.69 Å². The Morgan fingerprint density at radius 3 is 2.28 bits per heavy atom. The minimum absolute atomic E-state index is 0. The number of nitrogens with two attached hydrogens (primary N) is 1. The molecule has 2 rings (SSSR count). The van der Waals surface area contributed by atoms with Gasteiger partial charge in [-0.05, 0) is 30.5 Å². The van der Waals surface area contributed by atoms with Crippen LogP contribution >= 0.6 is 12.4 Å². The van der Waals surface area contributed by atoms with E-state index in [-0.39, 0.29) is 29.0 Å². The molecule has 7 nitrogen and oxygen atoms in total.